The number of likely N-dealkylation sites (N-methyl/N-ethyl adjacent to an activating group) is 1. The molecule has 1 unspecified atom stereocenters. The lowest BCUT2D eigenvalue weighted by molar-refractivity contribution is -0.904. The van der Waals surface area contributed by atoms with Crippen molar-refractivity contribution in [1.82, 2.24) is 5.32 Å². The molecule has 1 aromatic carbocycles. The van der Waals surface area contributed by atoms with Gasteiger partial charge < -0.3 is 18.8 Å². The maximum atomic E-state index is 12.3. The van der Waals surface area contributed by atoms with Crippen LogP contribution in [0.1, 0.15) is 36.9 Å². The van der Waals surface area contributed by atoms with Crippen LogP contribution in [0, 0.1) is 0 Å². The number of imide groups is 1. The zero-order chi connectivity index (χ0) is 19.8. The maximum Gasteiger partial charge on any atom is 0.414 e. The number of furan rings is 1. The van der Waals surface area contributed by atoms with Crippen molar-refractivity contribution in [2.24, 2.45) is 0 Å². The zero-order valence-electron chi connectivity index (χ0n) is 15.8. The Morgan fingerprint density at radius 3 is 2.44 bits per heavy atom. The predicted molar refractivity (Wildman–Crippen MR) is 97.4 cm³/mol. The van der Waals surface area contributed by atoms with Gasteiger partial charge in [-0.25, -0.2) is 9.59 Å². The molecule has 0 spiro atoms. The fourth-order valence-corrected chi connectivity index (χ4v) is 2.75. The summed E-state index contributed by atoms with van der Waals surface area (Å²) in [6, 6.07) is 7.32. The van der Waals surface area contributed by atoms with Crippen LogP contribution in [0.3, 0.4) is 0 Å². The average molecular weight is 377 g/mol. The first kappa shape index (κ1) is 20.4. The number of hydrogen-bond acceptors (Lipinski definition) is 6. The molecule has 0 radical (unpaired) electrons. The van der Waals surface area contributed by atoms with Crippen molar-refractivity contribution in [3.63, 3.8) is 0 Å². The molecule has 1 heterocycles. The number of amides is 2. The van der Waals surface area contributed by atoms with E-state index < -0.39 is 18.0 Å². The molecule has 2 aromatic rings. The van der Waals surface area contributed by atoms with Crippen molar-refractivity contribution in [2.45, 2.75) is 27.3 Å². The number of fused-ring (bicyclic) bond motifs is 1. The highest BCUT2D eigenvalue weighted by Crippen LogP contribution is 2.26. The molecule has 1 aromatic heterocycles. The molecule has 0 saturated carbocycles. The Labute approximate surface area is 157 Å². The molecule has 0 aliphatic rings. The molecular weight excluding hydrogens is 352 g/mol. The second-order valence-electron chi connectivity index (χ2n) is 5.85. The van der Waals surface area contributed by atoms with Gasteiger partial charge in [0.15, 0.2) is 6.54 Å². The van der Waals surface area contributed by atoms with Crippen molar-refractivity contribution in [3.8, 4) is 0 Å². The molecule has 8 heteroatoms. The Hall–Kier alpha value is -2.87. The van der Waals surface area contributed by atoms with Crippen molar-refractivity contribution >= 4 is 28.9 Å². The van der Waals surface area contributed by atoms with Crippen LogP contribution in [-0.4, -0.2) is 44.3 Å². The highest BCUT2D eigenvalue weighted by molar-refractivity contribution is 5.96. The summed E-state index contributed by atoms with van der Waals surface area (Å²) in [6.45, 7) is 6.76. The number of nitrogens with one attached hydrogen (secondary N) is 2. The number of rotatable bonds is 8. The smallest absolute Gasteiger partial charge is 0.414 e. The highest BCUT2D eigenvalue weighted by atomic mass is 16.6. The molecule has 146 valence electrons. The summed E-state index contributed by atoms with van der Waals surface area (Å²) in [6.07, 6.45) is -0.765. The third kappa shape index (κ3) is 5.30. The summed E-state index contributed by atoms with van der Waals surface area (Å²) in [5.74, 6) is -0.833. The van der Waals surface area contributed by atoms with Gasteiger partial charge in [-0.3, -0.25) is 10.1 Å². The van der Waals surface area contributed by atoms with Crippen LogP contribution in [0.2, 0.25) is 0 Å². The number of ether oxygens (including phenoxy) is 2. The van der Waals surface area contributed by atoms with Gasteiger partial charge in [0.2, 0.25) is 5.76 Å². The van der Waals surface area contributed by atoms with E-state index in [9.17, 15) is 14.4 Å². The normalized spacial score (nSPS) is 11.8. The van der Waals surface area contributed by atoms with Crippen LogP contribution < -0.4 is 10.2 Å². The monoisotopic (exact) mass is 377 g/mol. The highest BCUT2D eigenvalue weighted by Gasteiger charge is 2.26. The van der Waals surface area contributed by atoms with E-state index in [-0.39, 0.29) is 25.5 Å². The molecular formula is C19H25N2O6+. The Morgan fingerprint density at radius 2 is 1.78 bits per heavy atom. The Bertz CT molecular complexity index is 814. The quantitative estimate of drug-likeness (QED) is 0.673. The van der Waals surface area contributed by atoms with Crippen LogP contribution in [0.15, 0.2) is 28.7 Å². The molecule has 0 saturated heterocycles. The van der Waals surface area contributed by atoms with Crippen molar-refractivity contribution < 1.29 is 33.2 Å². The molecule has 2 rings (SSSR count). The summed E-state index contributed by atoms with van der Waals surface area (Å²) >= 11 is 0. The number of para-hydroxylation sites is 1. The zero-order valence-corrected chi connectivity index (χ0v) is 15.8. The van der Waals surface area contributed by atoms with Gasteiger partial charge in [0.25, 0.3) is 5.91 Å². The van der Waals surface area contributed by atoms with E-state index in [1.54, 1.807) is 19.9 Å². The van der Waals surface area contributed by atoms with E-state index in [0.29, 0.717) is 24.2 Å². The van der Waals surface area contributed by atoms with Gasteiger partial charge in [-0.1, -0.05) is 18.2 Å². The molecule has 2 amide bonds. The van der Waals surface area contributed by atoms with Crippen molar-refractivity contribution in [2.75, 3.05) is 26.3 Å². The first-order valence-electron chi connectivity index (χ1n) is 8.97. The Balaban J connectivity index is 2.21. The van der Waals surface area contributed by atoms with Gasteiger partial charge >= 0.3 is 12.1 Å². The van der Waals surface area contributed by atoms with E-state index in [0.717, 1.165) is 10.3 Å². The molecule has 0 aliphatic carbocycles. The van der Waals surface area contributed by atoms with Crippen LogP contribution in [0.4, 0.5) is 4.79 Å². The fourth-order valence-electron chi connectivity index (χ4n) is 2.75. The summed E-state index contributed by atoms with van der Waals surface area (Å²) < 4.78 is 15.5. The number of esters is 1. The predicted octanol–water partition coefficient (Wildman–Crippen LogP) is 1.29. The Kier molecular flexibility index (Phi) is 7.36. The number of benzene rings is 1. The topological polar surface area (TPSA) is 99.3 Å². The van der Waals surface area contributed by atoms with E-state index in [2.05, 4.69) is 5.32 Å². The molecule has 0 aliphatic heterocycles. The maximum absolute atomic E-state index is 12.3. The van der Waals surface area contributed by atoms with Gasteiger partial charge in [-0.2, -0.15) is 0 Å². The molecule has 0 fully saturated rings. The Morgan fingerprint density at radius 1 is 1.07 bits per heavy atom. The number of hydrogen-bond donors (Lipinski definition) is 2. The minimum absolute atomic E-state index is 0.0527. The van der Waals surface area contributed by atoms with Crippen molar-refractivity contribution in [1.29, 1.82) is 0 Å². The minimum Gasteiger partial charge on any atom is -0.460 e. The largest absolute Gasteiger partial charge is 0.460 e. The molecule has 1 atom stereocenters. The van der Waals surface area contributed by atoms with E-state index in [1.165, 1.54) is 0 Å². The SMILES string of the molecule is CCOC(=O)NC(=O)C[NH+](CC)Cc1c(C(=O)OCC)oc2ccccc12. The van der Waals surface area contributed by atoms with E-state index in [4.69, 9.17) is 13.9 Å². The van der Waals surface area contributed by atoms with Crippen LogP contribution in [-0.2, 0) is 20.8 Å². The summed E-state index contributed by atoms with van der Waals surface area (Å²) in [5.41, 5.74) is 1.27. The molecule has 8 nitrogen and oxygen atoms in total. The first-order chi connectivity index (χ1) is 13.0. The average Bonchev–Trinajstić information content (AvgIpc) is 3.00. The lowest BCUT2D eigenvalue weighted by Gasteiger charge is -2.17. The van der Waals surface area contributed by atoms with Crippen molar-refractivity contribution in [3.05, 3.63) is 35.6 Å². The minimum atomic E-state index is -0.765. The summed E-state index contributed by atoms with van der Waals surface area (Å²) in [5, 5.41) is 2.99. The lowest BCUT2D eigenvalue weighted by atomic mass is 10.1. The summed E-state index contributed by atoms with van der Waals surface area (Å²) in [4.78, 5) is 36.6. The lowest BCUT2D eigenvalue weighted by Crippen LogP contribution is -3.11. The number of quaternary nitrogens is 1. The number of carbonyl (C=O) groups excluding carboxylic acids is 3. The first-order valence-corrected chi connectivity index (χ1v) is 8.97. The van der Waals surface area contributed by atoms with Crippen LogP contribution >= 0.6 is 0 Å². The van der Waals surface area contributed by atoms with Gasteiger partial charge in [-0.15, -0.1) is 0 Å². The molecule has 2 N–H and O–H groups in total. The second-order valence-corrected chi connectivity index (χ2v) is 5.85. The van der Waals surface area contributed by atoms with Crippen LogP contribution in [0.25, 0.3) is 11.0 Å². The van der Waals surface area contributed by atoms with Gasteiger partial charge in [-0.05, 0) is 26.8 Å². The van der Waals surface area contributed by atoms with Gasteiger partial charge in [0.1, 0.15) is 12.1 Å². The molecule has 27 heavy (non-hydrogen) atoms. The third-order valence-electron chi connectivity index (χ3n) is 4.01. The van der Waals surface area contributed by atoms with E-state index in [1.807, 2.05) is 25.1 Å². The molecule has 0 bridgehead atoms. The summed E-state index contributed by atoms with van der Waals surface area (Å²) in [7, 11) is 0. The van der Waals surface area contributed by atoms with E-state index >= 15 is 0 Å². The third-order valence-corrected chi connectivity index (χ3v) is 4.01. The standard InChI is InChI=1S/C19H24N2O6/c1-4-21(12-16(22)20-19(24)26-6-3)11-14-13-9-7-8-10-15(13)27-17(14)18(23)25-5-2/h7-10H,4-6,11-12H2,1-3H3,(H,20,22,24)/p+1. The van der Waals surface area contributed by atoms with Gasteiger partial charge in [0.05, 0.1) is 25.3 Å². The van der Waals surface area contributed by atoms with Gasteiger partial charge in [0, 0.05) is 5.39 Å². The van der Waals surface area contributed by atoms with Crippen LogP contribution in [0.5, 0.6) is 0 Å². The second kappa shape index (κ2) is 9.72. The number of carbonyl (C=O) groups is 3. The fraction of sp³-hybridized carbons (Fsp3) is 0.421. The number of alkyl carbamates (subject to hydrolysis) is 1.